The number of aromatic amines is 1. The molecular formula is C19H17FN2O3. The highest BCUT2D eigenvalue weighted by Gasteiger charge is 2.12. The van der Waals surface area contributed by atoms with E-state index in [1.165, 1.54) is 6.07 Å². The molecular weight excluding hydrogens is 323 g/mol. The van der Waals surface area contributed by atoms with Crippen molar-refractivity contribution < 1.29 is 18.7 Å². The Morgan fingerprint density at radius 2 is 1.96 bits per heavy atom. The fourth-order valence-corrected chi connectivity index (χ4v) is 2.39. The smallest absolute Gasteiger partial charge is 0.338 e. The summed E-state index contributed by atoms with van der Waals surface area (Å²) in [6.07, 6.45) is 0. The van der Waals surface area contributed by atoms with Crippen LogP contribution in [0.1, 0.15) is 10.4 Å². The van der Waals surface area contributed by atoms with Gasteiger partial charge in [-0.05, 0) is 30.3 Å². The lowest BCUT2D eigenvalue weighted by molar-refractivity contribution is 0.0388. The molecule has 1 N–H and O–H groups in total. The fraction of sp³-hybridized carbons (Fsp3) is 0.158. The van der Waals surface area contributed by atoms with Crippen molar-refractivity contribution in [2.75, 3.05) is 20.3 Å². The monoisotopic (exact) mass is 340 g/mol. The van der Waals surface area contributed by atoms with Crippen LogP contribution in [-0.2, 0) is 9.47 Å². The molecule has 0 unspecified atom stereocenters. The van der Waals surface area contributed by atoms with Crippen LogP contribution in [0, 0.1) is 5.82 Å². The number of hydrogen-bond acceptors (Lipinski definition) is 4. The number of halogens is 1. The van der Waals surface area contributed by atoms with E-state index >= 15 is 0 Å². The van der Waals surface area contributed by atoms with Gasteiger partial charge in [0.05, 0.1) is 23.6 Å². The average Bonchev–Trinajstić information content (AvgIpc) is 3.12. The minimum atomic E-state index is -0.427. The first-order chi connectivity index (χ1) is 12.2. The summed E-state index contributed by atoms with van der Waals surface area (Å²) in [7, 11) is 1.54. The van der Waals surface area contributed by atoms with Gasteiger partial charge in [0.1, 0.15) is 12.4 Å². The zero-order chi connectivity index (χ0) is 17.6. The summed E-state index contributed by atoms with van der Waals surface area (Å²) < 4.78 is 23.8. The van der Waals surface area contributed by atoms with Crippen LogP contribution in [-0.4, -0.2) is 36.5 Å². The molecule has 0 fully saturated rings. The van der Waals surface area contributed by atoms with Crippen molar-refractivity contribution in [3.8, 4) is 22.5 Å². The highest BCUT2D eigenvalue weighted by molar-refractivity contribution is 5.91. The van der Waals surface area contributed by atoms with Gasteiger partial charge < -0.3 is 9.47 Å². The van der Waals surface area contributed by atoms with Crippen LogP contribution in [0.5, 0.6) is 0 Å². The van der Waals surface area contributed by atoms with Crippen LogP contribution >= 0.6 is 0 Å². The molecule has 0 aliphatic heterocycles. The molecule has 3 rings (SSSR count). The van der Waals surface area contributed by atoms with Gasteiger partial charge in [0.15, 0.2) is 0 Å². The molecule has 6 heteroatoms. The summed E-state index contributed by atoms with van der Waals surface area (Å²) in [5.41, 5.74) is 2.78. The maximum Gasteiger partial charge on any atom is 0.338 e. The summed E-state index contributed by atoms with van der Waals surface area (Å²) in [6.45, 7) is 0.538. The second-order valence-corrected chi connectivity index (χ2v) is 5.36. The van der Waals surface area contributed by atoms with E-state index in [0.717, 1.165) is 5.56 Å². The topological polar surface area (TPSA) is 64.2 Å². The molecule has 1 heterocycles. The molecule has 3 aromatic rings. The predicted molar refractivity (Wildman–Crippen MR) is 91.6 cm³/mol. The van der Waals surface area contributed by atoms with Gasteiger partial charge in [0, 0.05) is 18.2 Å². The second-order valence-electron chi connectivity index (χ2n) is 5.36. The summed E-state index contributed by atoms with van der Waals surface area (Å²) in [4.78, 5) is 12.0. The van der Waals surface area contributed by atoms with Crippen LogP contribution in [0.4, 0.5) is 4.39 Å². The lowest BCUT2D eigenvalue weighted by Gasteiger charge is -2.05. The SMILES string of the molecule is COCCOC(=O)c1cccc(-c2cc(-c3ccccc3F)[nH]n2)c1. The third kappa shape index (κ3) is 3.92. The lowest BCUT2D eigenvalue weighted by atomic mass is 10.1. The number of carbonyl (C=O) groups excluding carboxylic acids is 1. The zero-order valence-corrected chi connectivity index (χ0v) is 13.7. The Morgan fingerprint density at radius 1 is 1.12 bits per heavy atom. The maximum absolute atomic E-state index is 13.9. The summed E-state index contributed by atoms with van der Waals surface area (Å²) >= 11 is 0. The van der Waals surface area contributed by atoms with E-state index in [9.17, 15) is 9.18 Å². The van der Waals surface area contributed by atoms with Crippen molar-refractivity contribution in [3.63, 3.8) is 0 Å². The van der Waals surface area contributed by atoms with Gasteiger partial charge in [-0.1, -0.05) is 24.3 Å². The van der Waals surface area contributed by atoms with E-state index in [2.05, 4.69) is 10.2 Å². The standard InChI is InChI=1S/C19H17FN2O3/c1-24-9-10-25-19(23)14-6-4-5-13(11-14)17-12-18(22-21-17)15-7-2-3-8-16(15)20/h2-8,11-12H,9-10H2,1H3,(H,21,22). The number of H-pyrrole nitrogens is 1. The fourth-order valence-electron chi connectivity index (χ4n) is 2.39. The number of nitrogens with zero attached hydrogens (tertiary/aromatic N) is 1. The molecule has 0 amide bonds. The van der Waals surface area contributed by atoms with E-state index in [1.807, 2.05) is 6.07 Å². The van der Waals surface area contributed by atoms with Crippen LogP contribution in [0.15, 0.2) is 54.6 Å². The molecule has 0 saturated carbocycles. The molecule has 1 aromatic heterocycles. The molecule has 2 aromatic carbocycles. The van der Waals surface area contributed by atoms with Crippen LogP contribution in [0.25, 0.3) is 22.5 Å². The van der Waals surface area contributed by atoms with E-state index in [0.29, 0.717) is 29.1 Å². The Labute approximate surface area is 144 Å². The Kier molecular flexibility index (Phi) is 5.20. The van der Waals surface area contributed by atoms with Crippen molar-refractivity contribution in [1.29, 1.82) is 0 Å². The molecule has 0 radical (unpaired) electrons. The lowest BCUT2D eigenvalue weighted by Crippen LogP contribution is -2.09. The third-order valence-electron chi connectivity index (χ3n) is 3.66. The first kappa shape index (κ1) is 16.9. The highest BCUT2D eigenvalue weighted by atomic mass is 19.1. The third-order valence-corrected chi connectivity index (χ3v) is 3.66. The number of carbonyl (C=O) groups is 1. The van der Waals surface area contributed by atoms with E-state index < -0.39 is 5.97 Å². The number of hydrogen-bond donors (Lipinski definition) is 1. The van der Waals surface area contributed by atoms with Gasteiger partial charge >= 0.3 is 5.97 Å². The van der Waals surface area contributed by atoms with Crippen molar-refractivity contribution >= 4 is 5.97 Å². The minimum Gasteiger partial charge on any atom is -0.460 e. The van der Waals surface area contributed by atoms with Gasteiger partial charge in [-0.3, -0.25) is 5.10 Å². The molecule has 128 valence electrons. The summed E-state index contributed by atoms with van der Waals surface area (Å²) in [6, 6.07) is 15.1. The van der Waals surface area contributed by atoms with Crippen molar-refractivity contribution in [3.05, 3.63) is 66.0 Å². The molecule has 5 nitrogen and oxygen atoms in total. The number of rotatable bonds is 6. The Bertz CT molecular complexity index is 876. The van der Waals surface area contributed by atoms with Gasteiger partial charge in [0.2, 0.25) is 0 Å². The van der Waals surface area contributed by atoms with Crippen molar-refractivity contribution in [2.24, 2.45) is 0 Å². The number of aromatic nitrogens is 2. The number of methoxy groups -OCH3 is 1. The Morgan fingerprint density at radius 3 is 2.76 bits per heavy atom. The molecule has 0 saturated heterocycles. The molecule has 0 spiro atoms. The van der Waals surface area contributed by atoms with Gasteiger partial charge in [-0.25, -0.2) is 9.18 Å². The predicted octanol–water partition coefficient (Wildman–Crippen LogP) is 3.69. The molecule has 0 aliphatic carbocycles. The molecule has 25 heavy (non-hydrogen) atoms. The van der Waals surface area contributed by atoms with E-state index in [4.69, 9.17) is 9.47 Å². The van der Waals surface area contributed by atoms with Crippen LogP contribution in [0.3, 0.4) is 0 Å². The van der Waals surface area contributed by atoms with Crippen molar-refractivity contribution in [1.82, 2.24) is 10.2 Å². The Balaban J connectivity index is 1.82. The molecule has 0 atom stereocenters. The minimum absolute atomic E-state index is 0.194. The second kappa shape index (κ2) is 7.72. The highest BCUT2D eigenvalue weighted by Crippen LogP contribution is 2.26. The molecule has 0 aliphatic rings. The number of esters is 1. The number of benzene rings is 2. The number of ether oxygens (including phenoxy) is 2. The average molecular weight is 340 g/mol. The first-order valence-electron chi connectivity index (χ1n) is 7.76. The summed E-state index contributed by atoms with van der Waals surface area (Å²) in [5.74, 6) is -0.753. The zero-order valence-electron chi connectivity index (χ0n) is 13.7. The van der Waals surface area contributed by atoms with E-state index in [-0.39, 0.29) is 12.4 Å². The maximum atomic E-state index is 13.9. The van der Waals surface area contributed by atoms with E-state index in [1.54, 1.807) is 49.6 Å². The summed E-state index contributed by atoms with van der Waals surface area (Å²) in [5, 5.41) is 7.05. The largest absolute Gasteiger partial charge is 0.460 e. The van der Waals surface area contributed by atoms with Gasteiger partial charge in [-0.15, -0.1) is 0 Å². The quantitative estimate of drug-likeness (QED) is 0.549. The van der Waals surface area contributed by atoms with Gasteiger partial charge in [-0.2, -0.15) is 5.10 Å². The number of nitrogens with one attached hydrogen (secondary N) is 1. The molecule has 0 bridgehead atoms. The Hall–Kier alpha value is -2.99. The van der Waals surface area contributed by atoms with Crippen LogP contribution < -0.4 is 0 Å². The van der Waals surface area contributed by atoms with Crippen molar-refractivity contribution in [2.45, 2.75) is 0 Å². The van der Waals surface area contributed by atoms with Gasteiger partial charge in [0.25, 0.3) is 0 Å². The van der Waals surface area contributed by atoms with Crippen LogP contribution in [0.2, 0.25) is 0 Å². The first-order valence-corrected chi connectivity index (χ1v) is 7.76. The normalized spacial score (nSPS) is 10.6.